The predicted octanol–water partition coefficient (Wildman–Crippen LogP) is 2.09. The Labute approximate surface area is 96.6 Å². The maximum absolute atomic E-state index is 11.3. The zero-order valence-corrected chi connectivity index (χ0v) is 10.5. The third-order valence-electron chi connectivity index (χ3n) is 1.87. The zero-order valence-electron chi connectivity index (χ0n) is 10.5. The second-order valence-corrected chi connectivity index (χ2v) is 2.65. The van der Waals surface area contributed by atoms with Crippen LogP contribution < -0.4 is 14.8 Å². The van der Waals surface area contributed by atoms with E-state index in [-0.39, 0.29) is 5.91 Å². The minimum Gasteiger partial charge on any atom is -0.493 e. The van der Waals surface area contributed by atoms with Gasteiger partial charge in [-0.2, -0.15) is 0 Å². The molecule has 0 heterocycles. The highest BCUT2D eigenvalue weighted by molar-refractivity contribution is 5.94. The van der Waals surface area contributed by atoms with Gasteiger partial charge in [0.25, 0.3) is 5.91 Å². The standard InChI is InChI=1S/C10H13NO3.C2H6/c1-11-10(12)7-4-5-8(13-2)9(6-7)14-3;1-2/h4-6H,1-3H3,(H,11,12);1-2H3. The molecule has 4 nitrogen and oxygen atoms in total. The smallest absolute Gasteiger partial charge is 0.251 e. The summed E-state index contributed by atoms with van der Waals surface area (Å²) in [6.07, 6.45) is 0. The van der Waals surface area contributed by atoms with Gasteiger partial charge in [-0.1, -0.05) is 13.8 Å². The summed E-state index contributed by atoms with van der Waals surface area (Å²) in [5.74, 6) is 1.01. The summed E-state index contributed by atoms with van der Waals surface area (Å²) in [4.78, 5) is 11.3. The highest BCUT2D eigenvalue weighted by atomic mass is 16.5. The van der Waals surface area contributed by atoms with Crippen molar-refractivity contribution in [3.05, 3.63) is 23.8 Å². The molecule has 0 unspecified atom stereocenters. The van der Waals surface area contributed by atoms with Gasteiger partial charge in [0.2, 0.25) is 0 Å². The maximum Gasteiger partial charge on any atom is 0.251 e. The number of amides is 1. The first-order valence-corrected chi connectivity index (χ1v) is 5.17. The number of benzene rings is 1. The Morgan fingerprint density at radius 3 is 2.12 bits per heavy atom. The lowest BCUT2D eigenvalue weighted by atomic mass is 10.2. The van der Waals surface area contributed by atoms with Crippen LogP contribution in [-0.4, -0.2) is 27.2 Å². The van der Waals surface area contributed by atoms with Gasteiger partial charge in [0.1, 0.15) is 0 Å². The van der Waals surface area contributed by atoms with E-state index in [9.17, 15) is 4.79 Å². The van der Waals surface area contributed by atoms with E-state index in [1.165, 1.54) is 7.11 Å². The molecule has 1 aromatic rings. The molecule has 1 N–H and O–H groups in total. The summed E-state index contributed by atoms with van der Waals surface area (Å²) >= 11 is 0. The van der Waals surface area contributed by atoms with Crippen LogP contribution in [0.2, 0.25) is 0 Å². The van der Waals surface area contributed by atoms with Gasteiger partial charge in [0.05, 0.1) is 14.2 Å². The molecule has 90 valence electrons. The SMILES string of the molecule is CC.CNC(=O)c1ccc(OC)c(OC)c1. The zero-order chi connectivity index (χ0) is 12.6. The Kier molecular flexibility index (Phi) is 6.76. The molecule has 0 spiro atoms. The molecule has 0 radical (unpaired) electrons. The lowest BCUT2D eigenvalue weighted by Gasteiger charge is -2.08. The Morgan fingerprint density at radius 1 is 1.12 bits per heavy atom. The van der Waals surface area contributed by atoms with Crippen LogP contribution in [-0.2, 0) is 0 Å². The van der Waals surface area contributed by atoms with E-state index >= 15 is 0 Å². The van der Waals surface area contributed by atoms with E-state index in [2.05, 4.69) is 5.32 Å². The normalized spacial score (nSPS) is 8.56. The topological polar surface area (TPSA) is 47.6 Å². The van der Waals surface area contributed by atoms with Crippen molar-refractivity contribution >= 4 is 5.91 Å². The molecule has 0 saturated carbocycles. The number of hydrogen-bond donors (Lipinski definition) is 1. The predicted molar refractivity (Wildman–Crippen MR) is 64.3 cm³/mol. The molecule has 4 heteroatoms. The Bertz CT molecular complexity index is 337. The molecule has 0 aliphatic rings. The molecule has 0 aliphatic carbocycles. The first-order valence-electron chi connectivity index (χ1n) is 5.17. The lowest BCUT2D eigenvalue weighted by Crippen LogP contribution is -2.17. The molecule has 1 aromatic carbocycles. The number of hydrogen-bond acceptors (Lipinski definition) is 3. The summed E-state index contributed by atoms with van der Waals surface area (Å²) in [5, 5.41) is 2.53. The van der Waals surface area contributed by atoms with Crippen molar-refractivity contribution in [1.82, 2.24) is 5.32 Å². The van der Waals surface area contributed by atoms with Gasteiger partial charge in [-0.3, -0.25) is 4.79 Å². The van der Waals surface area contributed by atoms with Crippen molar-refractivity contribution in [2.24, 2.45) is 0 Å². The fourth-order valence-electron chi connectivity index (χ4n) is 1.12. The van der Waals surface area contributed by atoms with Gasteiger partial charge in [-0.25, -0.2) is 0 Å². The van der Waals surface area contributed by atoms with Gasteiger partial charge >= 0.3 is 0 Å². The number of rotatable bonds is 3. The summed E-state index contributed by atoms with van der Waals surface area (Å²) in [6, 6.07) is 5.02. The van der Waals surface area contributed by atoms with Gasteiger partial charge in [0.15, 0.2) is 11.5 Å². The van der Waals surface area contributed by atoms with Crippen LogP contribution in [0.1, 0.15) is 24.2 Å². The van der Waals surface area contributed by atoms with E-state index in [1.807, 2.05) is 13.8 Å². The van der Waals surface area contributed by atoms with Crippen LogP contribution in [0, 0.1) is 0 Å². The molecular formula is C12H19NO3. The van der Waals surface area contributed by atoms with Crippen molar-refractivity contribution in [2.45, 2.75) is 13.8 Å². The Morgan fingerprint density at radius 2 is 1.69 bits per heavy atom. The Hall–Kier alpha value is -1.71. The first kappa shape index (κ1) is 14.3. The number of carbonyl (C=O) groups is 1. The minimum atomic E-state index is -0.147. The average Bonchev–Trinajstić information content (AvgIpc) is 2.39. The fourth-order valence-corrected chi connectivity index (χ4v) is 1.12. The van der Waals surface area contributed by atoms with E-state index in [0.717, 1.165) is 0 Å². The molecule has 1 amide bonds. The summed E-state index contributed by atoms with van der Waals surface area (Å²) in [6.45, 7) is 4.00. The van der Waals surface area contributed by atoms with Crippen LogP contribution in [0.25, 0.3) is 0 Å². The molecular weight excluding hydrogens is 206 g/mol. The molecule has 0 aliphatic heterocycles. The van der Waals surface area contributed by atoms with Gasteiger partial charge in [-0.05, 0) is 18.2 Å². The minimum absolute atomic E-state index is 0.147. The van der Waals surface area contributed by atoms with Crippen molar-refractivity contribution in [3.63, 3.8) is 0 Å². The third-order valence-corrected chi connectivity index (χ3v) is 1.87. The van der Waals surface area contributed by atoms with Crippen LogP contribution in [0.4, 0.5) is 0 Å². The number of nitrogens with one attached hydrogen (secondary N) is 1. The maximum atomic E-state index is 11.3. The molecule has 0 atom stereocenters. The van der Waals surface area contributed by atoms with Crippen LogP contribution >= 0.6 is 0 Å². The van der Waals surface area contributed by atoms with E-state index in [4.69, 9.17) is 9.47 Å². The van der Waals surface area contributed by atoms with Gasteiger partial charge < -0.3 is 14.8 Å². The number of ether oxygens (including phenoxy) is 2. The quantitative estimate of drug-likeness (QED) is 0.856. The van der Waals surface area contributed by atoms with Crippen molar-refractivity contribution in [1.29, 1.82) is 0 Å². The molecule has 0 aromatic heterocycles. The Balaban J connectivity index is 0.00000106. The molecule has 16 heavy (non-hydrogen) atoms. The lowest BCUT2D eigenvalue weighted by molar-refractivity contribution is 0.0962. The number of carbonyl (C=O) groups excluding carboxylic acids is 1. The molecule has 0 fully saturated rings. The molecule has 0 bridgehead atoms. The van der Waals surface area contributed by atoms with E-state index in [1.54, 1.807) is 32.4 Å². The van der Waals surface area contributed by atoms with Crippen molar-refractivity contribution < 1.29 is 14.3 Å². The average molecular weight is 225 g/mol. The number of methoxy groups -OCH3 is 2. The van der Waals surface area contributed by atoms with Gasteiger partial charge in [-0.15, -0.1) is 0 Å². The van der Waals surface area contributed by atoms with Gasteiger partial charge in [0, 0.05) is 12.6 Å². The molecule has 0 saturated heterocycles. The van der Waals surface area contributed by atoms with E-state index in [0.29, 0.717) is 17.1 Å². The summed E-state index contributed by atoms with van der Waals surface area (Å²) in [7, 11) is 4.67. The highest BCUT2D eigenvalue weighted by Gasteiger charge is 2.08. The van der Waals surface area contributed by atoms with E-state index < -0.39 is 0 Å². The largest absolute Gasteiger partial charge is 0.493 e. The summed E-state index contributed by atoms with van der Waals surface area (Å²) in [5.41, 5.74) is 0.546. The highest BCUT2D eigenvalue weighted by Crippen LogP contribution is 2.27. The fraction of sp³-hybridized carbons (Fsp3) is 0.417. The monoisotopic (exact) mass is 225 g/mol. The second kappa shape index (κ2) is 7.56. The third kappa shape index (κ3) is 3.46. The second-order valence-electron chi connectivity index (χ2n) is 2.65. The van der Waals surface area contributed by atoms with Crippen LogP contribution in [0.5, 0.6) is 11.5 Å². The summed E-state index contributed by atoms with van der Waals surface area (Å²) < 4.78 is 10.1. The van der Waals surface area contributed by atoms with Crippen LogP contribution in [0.15, 0.2) is 18.2 Å². The van der Waals surface area contributed by atoms with Crippen molar-refractivity contribution in [2.75, 3.05) is 21.3 Å². The first-order chi connectivity index (χ1) is 7.72. The van der Waals surface area contributed by atoms with Crippen LogP contribution in [0.3, 0.4) is 0 Å². The van der Waals surface area contributed by atoms with Crippen molar-refractivity contribution in [3.8, 4) is 11.5 Å². The molecule has 1 rings (SSSR count).